The molecule has 0 saturated heterocycles. The fraction of sp³-hybridized carbons (Fsp3) is 0.500. The van der Waals surface area contributed by atoms with Gasteiger partial charge in [-0.2, -0.15) is 0 Å². The summed E-state index contributed by atoms with van der Waals surface area (Å²) in [6.07, 6.45) is 2.45. The van der Waals surface area contributed by atoms with Gasteiger partial charge >= 0.3 is 0 Å². The van der Waals surface area contributed by atoms with E-state index >= 15 is 0 Å². The number of aliphatic hydroxyl groups excluding tert-OH is 1. The zero-order valence-electron chi connectivity index (χ0n) is 8.69. The Kier molecular flexibility index (Phi) is 3.34. The third kappa shape index (κ3) is 3.01. The average Bonchev–Trinajstić information content (AvgIpc) is 3.04. The molecule has 0 aliphatic heterocycles. The predicted octanol–water partition coefficient (Wildman–Crippen LogP) is 1.78. The van der Waals surface area contributed by atoms with Crippen LogP contribution in [0.2, 0.25) is 0 Å². The van der Waals surface area contributed by atoms with E-state index in [0.717, 1.165) is 12.1 Å². The van der Waals surface area contributed by atoms with Crippen molar-refractivity contribution in [3.05, 3.63) is 35.6 Å². The van der Waals surface area contributed by atoms with Crippen molar-refractivity contribution >= 4 is 0 Å². The van der Waals surface area contributed by atoms with E-state index in [4.69, 9.17) is 5.11 Å². The first kappa shape index (κ1) is 10.6. The van der Waals surface area contributed by atoms with Crippen LogP contribution in [0.5, 0.6) is 0 Å². The van der Waals surface area contributed by atoms with Gasteiger partial charge in [-0.3, -0.25) is 4.90 Å². The van der Waals surface area contributed by atoms with Crippen LogP contribution in [-0.4, -0.2) is 29.2 Å². The summed E-state index contributed by atoms with van der Waals surface area (Å²) in [5.41, 5.74) is 1.11. The molecule has 15 heavy (non-hydrogen) atoms. The van der Waals surface area contributed by atoms with Gasteiger partial charge in [0.2, 0.25) is 0 Å². The average molecular weight is 209 g/mol. The summed E-state index contributed by atoms with van der Waals surface area (Å²) >= 11 is 0. The first-order valence-corrected chi connectivity index (χ1v) is 5.39. The molecule has 1 aliphatic carbocycles. The van der Waals surface area contributed by atoms with Crippen molar-refractivity contribution in [1.82, 2.24) is 4.90 Å². The summed E-state index contributed by atoms with van der Waals surface area (Å²) in [5.74, 6) is -0.195. The van der Waals surface area contributed by atoms with Crippen LogP contribution in [-0.2, 0) is 6.54 Å². The minimum atomic E-state index is -0.195. The van der Waals surface area contributed by atoms with Gasteiger partial charge in [-0.1, -0.05) is 12.1 Å². The van der Waals surface area contributed by atoms with Gasteiger partial charge in [0.25, 0.3) is 0 Å². The largest absolute Gasteiger partial charge is 0.395 e. The molecule has 0 aromatic heterocycles. The summed E-state index contributed by atoms with van der Waals surface area (Å²) in [7, 11) is 0. The molecule has 3 heteroatoms. The van der Waals surface area contributed by atoms with Crippen molar-refractivity contribution in [2.75, 3.05) is 13.2 Å². The third-order valence-electron chi connectivity index (χ3n) is 2.75. The summed E-state index contributed by atoms with van der Waals surface area (Å²) in [5, 5.41) is 8.93. The normalized spacial score (nSPS) is 15.9. The van der Waals surface area contributed by atoms with Crippen molar-refractivity contribution in [2.24, 2.45) is 0 Å². The van der Waals surface area contributed by atoms with Gasteiger partial charge in [0.15, 0.2) is 0 Å². The molecule has 0 radical (unpaired) electrons. The molecule has 82 valence electrons. The fourth-order valence-electron chi connectivity index (χ4n) is 1.78. The fourth-order valence-corrected chi connectivity index (χ4v) is 1.78. The maximum absolute atomic E-state index is 12.7. The number of hydrogen-bond acceptors (Lipinski definition) is 2. The molecule has 1 aliphatic rings. The van der Waals surface area contributed by atoms with Crippen molar-refractivity contribution < 1.29 is 9.50 Å². The van der Waals surface area contributed by atoms with Crippen molar-refractivity contribution in [1.29, 1.82) is 0 Å². The Morgan fingerprint density at radius 3 is 2.47 bits per heavy atom. The molecule has 0 spiro atoms. The summed E-state index contributed by atoms with van der Waals surface area (Å²) in [6.45, 7) is 1.71. The second-order valence-electron chi connectivity index (χ2n) is 4.05. The van der Waals surface area contributed by atoms with E-state index in [1.165, 1.54) is 25.0 Å². The van der Waals surface area contributed by atoms with Crippen LogP contribution >= 0.6 is 0 Å². The molecule has 1 aromatic rings. The van der Waals surface area contributed by atoms with Gasteiger partial charge < -0.3 is 5.11 Å². The lowest BCUT2D eigenvalue weighted by Gasteiger charge is -2.20. The van der Waals surface area contributed by atoms with E-state index in [1.807, 2.05) is 12.1 Å². The van der Waals surface area contributed by atoms with Crippen molar-refractivity contribution in [3.63, 3.8) is 0 Å². The molecular formula is C12H16FNO. The maximum atomic E-state index is 12.7. The van der Waals surface area contributed by atoms with E-state index in [1.54, 1.807) is 0 Å². The van der Waals surface area contributed by atoms with Crippen LogP contribution in [0.25, 0.3) is 0 Å². The highest BCUT2D eigenvalue weighted by atomic mass is 19.1. The van der Waals surface area contributed by atoms with Gasteiger partial charge in [-0.25, -0.2) is 4.39 Å². The maximum Gasteiger partial charge on any atom is 0.123 e. The highest BCUT2D eigenvalue weighted by Gasteiger charge is 2.28. The lowest BCUT2D eigenvalue weighted by Crippen LogP contribution is -2.28. The van der Waals surface area contributed by atoms with E-state index in [-0.39, 0.29) is 12.4 Å². The van der Waals surface area contributed by atoms with E-state index in [2.05, 4.69) is 4.90 Å². The number of aliphatic hydroxyl groups is 1. The Hall–Kier alpha value is -0.930. The molecule has 0 atom stereocenters. The quantitative estimate of drug-likeness (QED) is 0.799. The predicted molar refractivity (Wildman–Crippen MR) is 56.9 cm³/mol. The second-order valence-corrected chi connectivity index (χ2v) is 4.05. The van der Waals surface area contributed by atoms with Gasteiger partial charge in [-0.15, -0.1) is 0 Å². The van der Waals surface area contributed by atoms with Crippen molar-refractivity contribution in [2.45, 2.75) is 25.4 Å². The Morgan fingerprint density at radius 2 is 1.93 bits per heavy atom. The molecule has 2 rings (SSSR count). The second kappa shape index (κ2) is 4.73. The van der Waals surface area contributed by atoms with E-state index in [0.29, 0.717) is 12.6 Å². The molecule has 2 nitrogen and oxygen atoms in total. The Bertz CT molecular complexity index is 308. The number of nitrogens with zero attached hydrogens (tertiary/aromatic N) is 1. The molecular weight excluding hydrogens is 193 g/mol. The van der Waals surface area contributed by atoms with Gasteiger partial charge in [-0.05, 0) is 30.5 Å². The number of hydrogen-bond donors (Lipinski definition) is 1. The molecule has 1 saturated carbocycles. The Balaban J connectivity index is 1.95. The summed E-state index contributed by atoms with van der Waals surface area (Å²) in [6, 6.07) is 7.21. The lowest BCUT2D eigenvalue weighted by molar-refractivity contribution is 0.183. The molecule has 1 fully saturated rings. The van der Waals surface area contributed by atoms with E-state index in [9.17, 15) is 4.39 Å². The summed E-state index contributed by atoms with van der Waals surface area (Å²) in [4.78, 5) is 2.26. The van der Waals surface area contributed by atoms with Crippen LogP contribution in [0.4, 0.5) is 4.39 Å². The Morgan fingerprint density at radius 1 is 1.27 bits per heavy atom. The molecule has 0 bridgehead atoms. The molecule has 1 aromatic carbocycles. The first-order valence-electron chi connectivity index (χ1n) is 5.39. The smallest absolute Gasteiger partial charge is 0.123 e. The number of rotatable bonds is 5. The minimum absolute atomic E-state index is 0.192. The molecule has 0 unspecified atom stereocenters. The highest BCUT2D eigenvalue weighted by molar-refractivity contribution is 5.16. The standard InChI is InChI=1S/C12H16FNO/c13-11-3-1-10(2-4-11)9-14(7-8-15)12-5-6-12/h1-4,12,15H,5-9H2. The van der Waals surface area contributed by atoms with Crippen LogP contribution in [0.1, 0.15) is 18.4 Å². The molecule has 0 heterocycles. The van der Waals surface area contributed by atoms with Crippen LogP contribution in [0.15, 0.2) is 24.3 Å². The summed E-state index contributed by atoms with van der Waals surface area (Å²) < 4.78 is 12.7. The zero-order valence-corrected chi connectivity index (χ0v) is 8.69. The third-order valence-corrected chi connectivity index (χ3v) is 2.75. The SMILES string of the molecule is OCCN(Cc1ccc(F)cc1)C1CC1. The number of benzene rings is 1. The minimum Gasteiger partial charge on any atom is -0.395 e. The topological polar surface area (TPSA) is 23.5 Å². The van der Waals surface area contributed by atoms with Gasteiger partial charge in [0.05, 0.1) is 6.61 Å². The van der Waals surface area contributed by atoms with Crippen LogP contribution < -0.4 is 0 Å². The van der Waals surface area contributed by atoms with Crippen molar-refractivity contribution in [3.8, 4) is 0 Å². The highest BCUT2D eigenvalue weighted by Crippen LogP contribution is 2.27. The van der Waals surface area contributed by atoms with Gasteiger partial charge in [0, 0.05) is 19.1 Å². The first-order chi connectivity index (χ1) is 7.29. The monoisotopic (exact) mass is 209 g/mol. The molecule has 0 amide bonds. The lowest BCUT2D eigenvalue weighted by atomic mass is 10.2. The zero-order chi connectivity index (χ0) is 10.7. The Labute approximate surface area is 89.3 Å². The van der Waals surface area contributed by atoms with Crippen LogP contribution in [0.3, 0.4) is 0 Å². The number of halogens is 1. The molecule has 1 N–H and O–H groups in total. The van der Waals surface area contributed by atoms with Gasteiger partial charge in [0.1, 0.15) is 5.82 Å². The van der Waals surface area contributed by atoms with Crippen LogP contribution in [0, 0.1) is 5.82 Å². The van der Waals surface area contributed by atoms with E-state index < -0.39 is 0 Å².